The molecule has 0 heterocycles. The predicted molar refractivity (Wildman–Crippen MR) is 52.1 cm³/mol. The van der Waals surface area contributed by atoms with Gasteiger partial charge in [-0.05, 0) is 19.5 Å². The van der Waals surface area contributed by atoms with E-state index in [1.165, 1.54) is 5.56 Å². The summed E-state index contributed by atoms with van der Waals surface area (Å²) in [7, 11) is 2.97. The quantitative estimate of drug-likeness (QED) is 0.701. The highest BCUT2D eigenvalue weighted by Gasteiger charge is 1.97. The third-order valence-corrected chi connectivity index (χ3v) is 1.73. The van der Waals surface area contributed by atoms with Gasteiger partial charge in [-0.2, -0.15) is 0 Å². The van der Waals surface area contributed by atoms with Gasteiger partial charge in [-0.15, -0.1) is 0 Å². The minimum Gasteiger partial charge on any atom is -0.400 e. The number of aliphatic hydroxyl groups is 1. The molecule has 0 saturated carbocycles. The molecule has 12 heavy (non-hydrogen) atoms. The molecule has 0 aromatic heterocycles. The van der Waals surface area contributed by atoms with Crippen LogP contribution in [-0.4, -0.2) is 19.3 Å². The molecule has 1 atom stereocenters. The molecule has 1 aromatic rings. The van der Waals surface area contributed by atoms with E-state index in [1.807, 2.05) is 13.1 Å². The molecule has 0 fully saturated rings. The highest BCUT2D eigenvalue weighted by Crippen LogP contribution is 2.09. The fraction of sp³-hybridized carbons (Fsp3) is 0.400. The van der Waals surface area contributed by atoms with Crippen molar-refractivity contribution in [3.8, 4) is 0 Å². The average Bonchev–Trinajstić information content (AvgIpc) is 2.21. The maximum absolute atomic E-state index is 7.00. The molecule has 1 aromatic carbocycles. The summed E-state index contributed by atoms with van der Waals surface area (Å²) in [5.41, 5.74) is 1.34. The number of rotatable bonds is 2. The van der Waals surface area contributed by atoms with E-state index in [2.05, 4.69) is 36.5 Å². The lowest BCUT2D eigenvalue weighted by Gasteiger charge is -2.08. The molecule has 2 N–H and O–H groups in total. The van der Waals surface area contributed by atoms with E-state index < -0.39 is 0 Å². The van der Waals surface area contributed by atoms with Gasteiger partial charge < -0.3 is 10.4 Å². The van der Waals surface area contributed by atoms with E-state index in [0.717, 1.165) is 7.11 Å². The van der Waals surface area contributed by atoms with Crippen molar-refractivity contribution in [2.75, 3.05) is 14.2 Å². The van der Waals surface area contributed by atoms with Gasteiger partial charge >= 0.3 is 0 Å². The Kier molecular flexibility index (Phi) is 6.34. The second-order valence-corrected chi connectivity index (χ2v) is 2.42. The largest absolute Gasteiger partial charge is 0.400 e. The first-order chi connectivity index (χ1) is 5.84. The van der Waals surface area contributed by atoms with Gasteiger partial charge in [-0.1, -0.05) is 30.3 Å². The van der Waals surface area contributed by atoms with Crippen LogP contribution in [0.5, 0.6) is 0 Å². The minimum absolute atomic E-state index is 0.459. The first kappa shape index (κ1) is 11.1. The van der Waals surface area contributed by atoms with Crippen LogP contribution in [0.25, 0.3) is 0 Å². The molecule has 0 saturated heterocycles. The summed E-state index contributed by atoms with van der Waals surface area (Å²) >= 11 is 0. The highest BCUT2D eigenvalue weighted by molar-refractivity contribution is 5.17. The van der Waals surface area contributed by atoms with Gasteiger partial charge in [0.1, 0.15) is 0 Å². The van der Waals surface area contributed by atoms with E-state index in [1.54, 1.807) is 0 Å². The lowest BCUT2D eigenvalue weighted by Crippen LogP contribution is -2.11. The van der Waals surface area contributed by atoms with Crippen LogP contribution in [0.1, 0.15) is 18.5 Å². The molecule has 2 nitrogen and oxygen atoms in total. The molecule has 0 radical (unpaired) electrons. The van der Waals surface area contributed by atoms with Crippen LogP contribution in [0.4, 0.5) is 0 Å². The highest BCUT2D eigenvalue weighted by atomic mass is 16.2. The first-order valence-electron chi connectivity index (χ1n) is 4.01. The maximum atomic E-state index is 7.00. The molecule has 0 spiro atoms. The summed E-state index contributed by atoms with van der Waals surface area (Å²) in [6, 6.07) is 10.9. The van der Waals surface area contributed by atoms with Gasteiger partial charge in [0.15, 0.2) is 0 Å². The Morgan fingerprint density at radius 2 is 1.67 bits per heavy atom. The zero-order chi connectivity index (χ0) is 9.40. The third kappa shape index (κ3) is 3.51. The van der Waals surface area contributed by atoms with Gasteiger partial charge in [0, 0.05) is 13.2 Å². The van der Waals surface area contributed by atoms with Gasteiger partial charge in [-0.25, -0.2) is 0 Å². The monoisotopic (exact) mass is 167 g/mol. The van der Waals surface area contributed by atoms with E-state index in [4.69, 9.17) is 5.11 Å². The molecule has 0 aliphatic carbocycles. The second-order valence-electron chi connectivity index (χ2n) is 2.42. The van der Waals surface area contributed by atoms with Crippen molar-refractivity contribution < 1.29 is 5.11 Å². The predicted octanol–water partition coefficient (Wildman–Crippen LogP) is 1.58. The second kappa shape index (κ2) is 6.83. The summed E-state index contributed by atoms with van der Waals surface area (Å²) in [5.74, 6) is 0. The van der Waals surface area contributed by atoms with E-state index in [-0.39, 0.29) is 0 Å². The van der Waals surface area contributed by atoms with Crippen LogP contribution in [-0.2, 0) is 0 Å². The van der Waals surface area contributed by atoms with Crippen molar-refractivity contribution in [2.45, 2.75) is 13.0 Å². The lowest BCUT2D eigenvalue weighted by molar-refractivity contribution is 0.399. The van der Waals surface area contributed by atoms with Gasteiger partial charge in [0.2, 0.25) is 0 Å². The lowest BCUT2D eigenvalue weighted by atomic mass is 10.1. The molecule has 1 rings (SSSR count). The Morgan fingerprint density at radius 1 is 1.17 bits per heavy atom. The molecule has 0 aliphatic rings. The molecule has 68 valence electrons. The summed E-state index contributed by atoms with van der Waals surface area (Å²) in [6.07, 6.45) is 0. The van der Waals surface area contributed by atoms with Crippen LogP contribution in [0.15, 0.2) is 30.3 Å². The zero-order valence-electron chi connectivity index (χ0n) is 7.91. The Balaban J connectivity index is 0.000000561. The number of aliphatic hydroxyl groups excluding tert-OH is 1. The topological polar surface area (TPSA) is 32.3 Å². The summed E-state index contributed by atoms with van der Waals surface area (Å²) in [5, 5.41) is 10.2. The fourth-order valence-corrected chi connectivity index (χ4v) is 0.908. The molecule has 0 aliphatic heterocycles. The fourth-order valence-electron chi connectivity index (χ4n) is 0.908. The summed E-state index contributed by atoms with van der Waals surface area (Å²) in [6.45, 7) is 2.15. The Morgan fingerprint density at radius 3 is 2.08 bits per heavy atom. The Hall–Kier alpha value is -0.860. The molecule has 2 heteroatoms. The molecule has 0 unspecified atom stereocenters. The number of nitrogens with one attached hydrogen (secondary N) is 1. The van der Waals surface area contributed by atoms with Crippen LogP contribution >= 0.6 is 0 Å². The van der Waals surface area contributed by atoms with E-state index in [0.29, 0.717) is 6.04 Å². The molecular weight excluding hydrogens is 150 g/mol. The number of hydrogen-bond acceptors (Lipinski definition) is 2. The van der Waals surface area contributed by atoms with Crippen LogP contribution in [0, 0.1) is 0 Å². The Bertz CT molecular complexity index is 186. The maximum Gasteiger partial charge on any atom is 0.0319 e. The van der Waals surface area contributed by atoms with Gasteiger partial charge in [0.05, 0.1) is 0 Å². The number of benzene rings is 1. The zero-order valence-corrected chi connectivity index (χ0v) is 7.91. The van der Waals surface area contributed by atoms with E-state index >= 15 is 0 Å². The van der Waals surface area contributed by atoms with E-state index in [9.17, 15) is 0 Å². The molecular formula is C10H17NO. The summed E-state index contributed by atoms with van der Waals surface area (Å²) in [4.78, 5) is 0. The Labute approximate surface area is 74.2 Å². The third-order valence-electron chi connectivity index (χ3n) is 1.73. The van der Waals surface area contributed by atoms with Crippen molar-refractivity contribution in [1.82, 2.24) is 5.32 Å². The molecule has 0 amide bonds. The standard InChI is InChI=1S/C9H13N.CH4O/c1-8(10-2)9-6-4-3-5-7-9;1-2/h3-8,10H,1-2H3;2H,1H3/t8-;/m0./s1. The normalized spacial score (nSPS) is 11.3. The first-order valence-corrected chi connectivity index (χ1v) is 4.01. The van der Waals surface area contributed by atoms with Crippen LogP contribution < -0.4 is 5.32 Å². The van der Waals surface area contributed by atoms with Crippen molar-refractivity contribution >= 4 is 0 Å². The van der Waals surface area contributed by atoms with Gasteiger partial charge in [0.25, 0.3) is 0 Å². The molecule has 0 bridgehead atoms. The van der Waals surface area contributed by atoms with Crippen LogP contribution in [0.2, 0.25) is 0 Å². The summed E-state index contributed by atoms with van der Waals surface area (Å²) < 4.78 is 0. The average molecular weight is 167 g/mol. The van der Waals surface area contributed by atoms with Gasteiger partial charge in [-0.3, -0.25) is 0 Å². The number of hydrogen-bond donors (Lipinski definition) is 2. The smallest absolute Gasteiger partial charge is 0.0319 e. The van der Waals surface area contributed by atoms with Crippen molar-refractivity contribution in [3.05, 3.63) is 35.9 Å². The SMILES string of the molecule is CN[C@@H](C)c1ccccc1.CO. The van der Waals surface area contributed by atoms with Crippen LogP contribution in [0.3, 0.4) is 0 Å². The van der Waals surface area contributed by atoms with Crippen molar-refractivity contribution in [3.63, 3.8) is 0 Å². The minimum atomic E-state index is 0.459. The van der Waals surface area contributed by atoms with Crippen molar-refractivity contribution in [2.24, 2.45) is 0 Å². The van der Waals surface area contributed by atoms with Crippen molar-refractivity contribution in [1.29, 1.82) is 0 Å².